The molecule has 1 aliphatic carbocycles. The van der Waals surface area contributed by atoms with Crippen LogP contribution in [0.2, 0.25) is 0 Å². The molecule has 7 rings (SSSR count). The van der Waals surface area contributed by atoms with Crippen LogP contribution in [0.1, 0.15) is 31.2 Å². The molecule has 40 heavy (non-hydrogen) atoms. The van der Waals surface area contributed by atoms with E-state index in [1.165, 1.54) is 11.3 Å². The van der Waals surface area contributed by atoms with Crippen molar-refractivity contribution in [2.45, 2.75) is 0 Å². The van der Waals surface area contributed by atoms with E-state index in [1.54, 1.807) is 18.2 Å². The predicted molar refractivity (Wildman–Crippen MR) is 162 cm³/mol. The van der Waals surface area contributed by atoms with Crippen molar-refractivity contribution in [3.63, 3.8) is 0 Å². The van der Waals surface area contributed by atoms with Gasteiger partial charge in [0.1, 0.15) is 5.00 Å². The number of Topliss-reactive ketones (excluding diaryl/α,β-unsaturated/α-hetero) is 2. The van der Waals surface area contributed by atoms with Crippen LogP contribution in [0.15, 0.2) is 121 Å². The molecule has 6 aromatic rings. The Morgan fingerprint density at radius 1 is 0.600 bits per heavy atom. The Kier molecular flexibility index (Phi) is 5.62. The highest BCUT2D eigenvalue weighted by atomic mass is 32.1. The van der Waals surface area contributed by atoms with Crippen molar-refractivity contribution in [1.29, 1.82) is 5.26 Å². The zero-order valence-electron chi connectivity index (χ0n) is 21.2. The summed E-state index contributed by atoms with van der Waals surface area (Å²) >= 11 is 1.50. The van der Waals surface area contributed by atoms with Gasteiger partial charge in [-0.3, -0.25) is 9.59 Å². The number of para-hydroxylation sites is 1. The fourth-order valence-electron chi connectivity index (χ4n) is 5.46. The number of nitriles is 1. The summed E-state index contributed by atoms with van der Waals surface area (Å²) in [5.74, 6) is -0.465. The minimum Gasteiger partial charge on any atom is -0.302 e. The first-order chi connectivity index (χ1) is 19.6. The van der Waals surface area contributed by atoms with Crippen molar-refractivity contribution in [3.8, 4) is 6.07 Å². The van der Waals surface area contributed by atoms with Crippen LogP contribution < -0.4 is 4.90 Å². The molecular weight excluding hydrogens is 512 g/mol. The van der Waals surface area contributed by atoms with E-state index in [1.807, 2.05) is 103 Å². The van der Waals surface area contributed by atoms with Gasteiger partial charge >= 0.3 is 0 Å². The van der Waals surface area contributed by atoms with Crippen LogP contribution in [0.4, 0.5) is 16.4 Å². The minimum atomic E-state index is -0.232. The van der Waals surface area contributed by atoms with Crippen LogP contribution in [0.25, 0.3) is 27.6 Å². The summed E-state index contributed by atoms with van der Waals surface area (Å²) < 4.78 is 0. The number of benzene rings is 5. The molecule has 0 N–H and O–H groups in total. The predicted octanol–water partition coefficient (Wildman–Crippen LogP) is 8.86. The van der Waals surface area contributed by atoms with Gasteiger partial charge in [0.25, 0.3) is 0 Å². The lowest BCUT2D eigenvalue weighted by Crippen LogP contribution is -2.08. The number of thiophene rings is 1. The zero-order chi connectivity index (χ0) is 27.2. The Hall–Kier alpha value is -5.31. The summed E-state index contributed by atoms with van der Waals surface area (Å²) in [4.78, 5) is 30.5. The van der Waals surface area contributed by atoms with Gasteiger partial charge in [-0.15, -0.1) is 11.3 Å². The van der Waals surface area contributed by atoms with Crippen molar-refractivity contribution in [2.24, 2.45) is 0 Å². The SMILES string of the molecule is N#Cc1ccc(N(c2ccccc2)c2ccc(C=C3C(=O)c4c(c5ccccc5c5ccccc45)C3=O)s2)cc1. The maximum atomic E-state index is 13.8. The Morgan fingerprint density at radius 2 is 1.12 bits per heavy atom. The van der Waals surface area contributed by atoms with Gasteiger partial charge in [0, 0.05) is 27.4 Å². The van der Waals surface area contributed by atoms with E-state index in [9.17, 15) is 14.9 Å². The number of carbonyl (C=O) groups excluding carboxylic acids is 2. The number of hydrogen-bond donors (Lipinski definition) is 0. The summed E-state index contributed by atoms with van der Waals surface area (Å²) in [6.07, 6.45) is 1.73. The lowest BCUT2D eigenvalue weighted by atomic mass is 9.93. The maximum Gasteiger partial charge on any atom is 0.198 e. The summed E-state index contributed by atoms with van der Waals surface area (Å²) in [5.41, 5.74) is 3.63. The number of hydrogen-bond acceptors (Lipinski definition) is 5. The summed E-state index contributed by atoms with van der Waals surface area (Å²) in [6.45, 7) is 0. The van der Waals surface area contributed by atoms with Crippen molar-refractivity contribution >= 4 is 66.9 Å². The monoisotopic (exact) mass is 532 g/mol. The van der Waals surface area contributed by atoms with Gasteiger partial charge in [-0.2, -0.15) is 5.26 Å². The van der Waals surface area contributed by atoms with Crippen LogP contribution >= 0.6 is 11.3 Å². The molecule has 1 aliphatic rings. The van der Waals surface area contributed by atoms with Gasteiger partial charge in [0.15, 0.2) is 11.6 Å². The number of allylic oxidation sites excluding steroid dienone is 1. The lowest BCUT2D eigenvalue weighted by molar-refractivity contribution is 0.0991. The molecule has 0 radical (unpaired) electrons. The smallest absolute Gasteiger partial charge is 0.198 e. The first kappa shape index (κ1) is 23.8. The minimum absolute atomic E-state index is 0.189. The van der Waals surface area contributed by atoms with Gasteiger partial charge in [-0.05, 0) is 76.2 Å². The third-order valence-electron chi connectivity index (χ3n) is 7.26. The second-order valence-corrected chi connectivity index (χ2v) is 10.7. The van der Waals surface area contributed by atoms with Gasteiger partial charge in [0.2, 0.25) is 0 Å². The summed E-state index contributed by atoms with van der Waals surface area (Å²) in [6, 6.07) is 39.1. The summed E-state index contributed by atoms with van der Waals surface area (Å²) in [5, 5.41) is 13.7. The molecule has 4 nitrogen and oxygen atoms in total. The van der Waals surface area contributed by atoms with Crippen LogP contribution in [-0.2, 0) is 0 Å². The van der Waals surface area contributed by atoms with Crippen molar-refractivity contribution < 1.29 is 9.59 Å². The van der Waals surface area contributed by atoms with Crippen LogP contribution in [0, 0.1) is 11.3 Å². The normalized spacial score (nSPS) is 12.5. The Labute approximate surface area is 234 Å². The highest BCUT2D eigenvalue weighted by Gasteiger charge is 2.36. The number of carbonyl (C=O) groups is 2. The highest BCUT2D eigenvalue weighted by molar-refractivity contribution is 7.17. The van der Waals surface area contributed by atoms with E-state index < -0.39 is 0 Å². The number of fused-ring (bicyclic) bond motifs is 6. The largest absolute Gasteiger partial charge is 0.302 e. The van der Waals surface area contributed by atoms with Gasteiger partial charge < -0.3 is 4.90 Å². The fourth-order valence-corrected chi connectivity index (χ4v) is 6.46. The molecule has 5 heteroatoms. The van der Waals surface area contributed by atoms with E-state index in [2.05, 4.69) is 11.0 Å². The average molecular weight is 533 g/mol. The molecule has 0 amide bonds. The lowest BCUT2D eigenvalue weighted by Gasteiger charge is -2.23. The van der Waals surface area contributed by atoms with E-state index in [0.29, 0.717) is 16.7 Å². The fraction of sp³-hybridized carbons (Fsp3) is 0. The second kappa shape index (κ2) is 9.46. The molecule has 0 atom stereocenters. The third kappa shape index (κ3) is 3.74. The van der Waals surface area contributed by atoms with Crippen molar-refractivity contribution in [1.82, 2.24) is 0 Å². The maximum absolute atomic E-state index is 13.8. The summed E-state index contributed by atoms with van der Waals surface area (Å²) in [7, 11) is 0. The first-order valence-electron chi connectivity index (χ1n) is 12.8. The Morgan fingerprint density at radius 3 is 1.70 bits per heavy atom. The molecule has 0 fully saturated rings. The van der Waals surface area contributed by atoms with Crippen LogP contribution in [-0.4, -0.2) is 11.6 Å². The first-order valence-corrected chi connectivity index (χ1v) is 13.7. The molecule has 188 valence electrons. The second-order valence-electron chi connectivity index (χ2n) is 9.56. The van der Waals surface area contributed by atoms with Crippen LogP contribution in [0.3, 0.4) is 0 Å². The number of nitrogens with zero attached hydrogens (tertiary/aromatic N) is 2. The number of rotatable bonds is 4. The van der Waals surface area contributed by atoms with Gasteiger partial charge in [-0.25, -0.2) is 0 Å². The number of ketones is 2. The molecule has 0 aliphatic heterocycles. The van der Waals surface area contributed by atoms with E-state index in [4.69, 9.17) is 0 Å². The van der Waals surface area contributed by atoms with Gasteiger partial charge in [0.05, 0.1) is 17.2 Å². The molecular formula is C35H20N2O2S. The number of anilines is 3. The Bertz CT molecular complexity index is 1970. The third-order valence-corrected chi connectivity index (χ3v) is 8.28. The average Bonchev–Trinajstić information content (AvgIpc) is 3.57. The molecule has 5 aromatic carbocycles. The van der Waals surface area contributed by atoms with E-state index >= 15 is 0 Å². The molecule has 0 spiro atoms. The molecule has 1 aromatic heterocycles. The molecule has 0 saturated heterocycles. The van der Waals surface area contributed by atoms with Gasteiger partial charge in [-0.1, -0.05) is 66.7 Å². The van der Waals surface area contributed by atoms with E-state index in [-0.39, 0.29) is 17.1 Å². The van der Waals surface area contributed by atoms with Crippen molar-refractivity contribution in [2.75, 3.05) is 4.90 Å². The molecule has 0 unspecified atom stereocenters. The topological polar surface area (TPSA) is 61.2 Å². The van der Waals surface area contributed by atoms with Crippen LogP contribution in [0.5, 0.6) is 0 Å². The quantitative estimate of drug-likeness (QED) is 0.129. The zero-order valence-corrected chi connectivity index (χ0v) is 22.0. The van der Waals surface area contributed by atoms with Crippen molar-refractivity contribution in [3.05, 3.63) is 142 Å². The molecule has 0 bridgehead atoms. The standard InChI is InChI=1S/C35H20N2O2S/c36-21-22-14-16-24(17-15-22)37(23-8-2-1-3-9-23)31-19-18-25(40-31)20-30-34(38)32-28-12-6-4-10-26(28)27-11-5-7-13-29(27)33(32)35(30)39/h1-20H. The highest BCUT2D eigenvalue weighted by Crippen LogP contribution is 2.42. The Balaban J connectivity index is 1.33. The van der Waals surface area contributed by atoms with E-state index in [0.717, 1.165) is 42.8 Å². The molecule has 0 saturated carbocycles. The molecule has 1 heterocycles.